The fraction of sp³-hybridized carbons (Fsp3) is 0.359. The topological polar surface area (TPSA) is 82.2 Å². The highest BCUT2D eigenvalue weighted by Gasteiger charge is 2.57. The largest absolute Gasteiger partial charge is 0.456 e. The number of fused-ring (bicyclic) bond motifs is 6. The van der Waals surface area contributed by atoms with Crippen LogP contribution in [0.4, 0.5) is 17.1 Å². The van der Waals surface area contributed by atoms with Gasteiger partial charge in [-0.1, -0.05) is 55.3 Å². The first-order chi connectivity index (χ1) is 23.1. The summed E-state index contributed by atoms with van der Waals surface area (Å²) in [6.07, 6.45) is 1.67. The van der Waals surface area contributed by atoms with Gasteiger partial charge in [-0.2, -0.15) is 0 Å². The number of rotatable bonds is 12. The number of nitrogens with one attached hydrogen (secondary N) is 1. The number of hydrogen-bond donors (Lipinski definition) is 1. The molecule has 4 aromatic carbocycles. The number of nitrogens with zero attached hydrogens (tertiary/aromatic N) is 3. The van der Waals surface area contributed by atoms with Crippen LogP contribution in [0.15, 0.2) is 83.8 Å². The molecule has 0 bridgehead atoms. The second kappa shape index (κ2) is 13.2. The Labute approximate surface area is 285 Å². The Bertz CT molecular complexity index is 1870. The molecule has 0 radical (unpaired) electrons. The van der Waals surface area contributed by atoms with Crippen molar-refractivity contribution in [3.05, 3.63) is 107 Å². The second-order valence-corrected chi connectivity index (χ2v) is 14.2. The summed E-state index contributed by atoms with van der Waals surface area (Å²) >= 11 is 0. The zero-order chi connectivity index (χ0) is 34.2. The van der Waals surface area contributed by atoms with Crippen LogP contribution in [0.25, 0.3) is 0 Å². The van der Waals surface area contributed by atoms with E-state index in [9.17, 15) is 13.2 Å². The Morgan fingerprint density at radius 2 is 1.31 bits per heavy atom. The van der Waals surface area contributed by atoms with Crippen LogP contribution < -0.4 is 19.3 Å². The number of benzene rings is 4. The molecular weight excluding hydrogens is 621 g/mol. The van der Waals surface area contributed by atoms with Crippen molar-refractivity contribution in [2.45, 2.75) is 64.8 Å². The van der Waals surface area contributed by atoms with Crippen molar-refractivity contribution in [1.82, 2.24) is 4.90 Å². The van der Waals surface area contributed by atoms with Gasteiger partial charge in [-0.25, -0.2) is 8.42 Å². The zero-order valence-electron chi connectivity index (χ0n) is 28.8. The Morgan fingerprint density at radius 1 is 0.750 bits per heavy atom. The third-order valence-corrected chi connectivity index (χ3v) is 11.2. The predicted octanol–water partition coefficient (Wildman–Crippen LogP) is 8.14. The fourth-order valence-electron chi connectivity index (χ4n) is 7.31. The maximum atomic E-state index is 14.9. The molecule has 9 heteroatoms. The normalized spacial score (nSPS) is 14.3. The number of anilines is 3. The summed E-state index contributed by atoms with van der Waals surface area (Å²) in [5.41, 5.74) is 5.12. The monoisotopic (exact) mass is 666 g/mol. The highest BCUT2D eigenvalue weighted by atomic mass is 32.2. The van der Waals surface area contributed by atoms with Gasteiger partial charge in [0.25, 0.3) is 15.9 Å². The highest BCUT2D eigenvalue weighted by Crippen LogP contribution is 2.59. The molecule has 8 nitrogen and oxygen atoms in total. The third kappa shape index (κ3) is 5.38. The van der Waals surface area contributed by atoms with E-state index < -0.39 is 15.6 Å². The van der Waals surface area contributed by atoms with Gasteiger partial charge < -0.3 is 19.4 Å². The number of unbranched alkanes of at least 4 members (excludes halogenated alkanes) is 1. The molecule has 6 rings (SSSR count). The van der Waals surface area contributed by atoms with Gasteiger partial charge in [-0.15, -0.1) is 0 Å². The summed E-state index contributed by atoms with van der Waals surface area (Å²) in [5, 5.41) is 0. The molecule has 2 aliphatic rings. The van der Waals surface area contributed by atoms with E-state index in [4.69, 9.17) is 4.74 Å². The van der Waals surface area contributed by atoms with Gasteiger partial charge in [0, 0.05) is 72.9 Å². The minimum absolute atomic E-state index is 0.142. The Balaban J connectivity index is 1.62. The lowest BCUT2D eigenvalue weighted by atomic mass is 9.74. The number of aryl methyl sites for hydroxylation is 1. The first-order valence-electron chi connectivity index (χ1n) is 17.2. The van der Waals surface area contributed by atoms with Gasteiger partial charge in [-0.3, -0.25) is 9.52 Å². The van der Waals surface area contributed by atoms with Crippen LogP contribution in [0, 0.1) is 6.92 Å². The lowest BCUT2D eigenvalue weighted by Crippen LogP contribution is -2.47. The Hall–Kier alpha value is -4.50. The number of ether oxygens (including phenoxy) is 1. The van der Waals surface area contributed by atoms with E-state index in [1.165, 1.54) is 0 Å². The van der Waals surface area contributed by atoms with E-state index in [1.807, 2.05) is 24.0 Å². The van der Waals surface area contributed by atoms with Crippen molar-refractivity contribution in [1.29, 1.82) is 0 Å². The molecule has 48 heavy (non-hydrogen) atoms. The molecule has 1 N–H and O–H groups in total. The molecular formula is C39H46N4O4S. The molecule has 0 unspecified atom stereocenters. The van der Waals surface area contributed by atoms with E-state index in [1.54, 1.807) is 30.3 Å². The van der Waals surface area contributed by atoms with E-state index >= 15 is 0 Å². The van der Waals surface area contributed by atoms with Crippen LogP contribution in [0.2, 0.25) is 0 Å². The van der Waals surface area contributed by atoms with Crippen molar-refractivity contribution in [2.24, 2.45) is 0 Å². The third-order valence-electron chi connectivity index (χ3n) is 9.82. The van der Waals surface area contributed by atoms with Crippen molar-refractivity contribution in [2.75, 3.05) is 47.2 Å². The van der Waals surface area contributed by atoms with Gasteiger partial charge in [0.2, 0.25) is 0 Å². The molecule has 0 fully saturated rings. The molecule has 252 valence electrons. The number of carbonyl (C=O) groups is 1. The molecule has 1 amide bonds. The van der Waals surface area contributed by atoms with E-state index in [-0.39, 0.29) is 16.5 Å². The van der Waals surface area contributed by atoms with Gasteiger partial charge in [0.05, 0.1) is 16.1 Å². The summed E-state index contributed by atoms with van der Waals surface area (Å²) < 4.78 is 37.0. The first-order valence-corrected chi connectivity index (χ1v) is 18.6. The molecule has 0 saturated heterocycles. The highest BCUT2D eigenvalue weighted by molar-refractivity contribution is 7.92. The van der Waals surface area contributed by atoms with Gasteiger partial charge >= 0.3 is 0 Å². The molecule has 0 atom stereocenters. The summed E-state index contributed by atoms with van der Waals surface area (Å²) in [4.78, 5) is 21.5. The number of amides is 1. The average molecular weight is 667 g/mol. The van der Waals surface area contributed by atoms with Crippen LogP contribution >= 0.6 is 0 Å². The van der Waals surface area contributed by atoms with Gasteiger partial charge in [0.1, 0.15) is 17.0 Å². The Morgan fingerprint density at radius 3 is 1.83 bits per heavy atom. The van der Waals surface area contributed by atoms with Crippen molar-refractivity contribution in [3.63, 3.8) is 0 Å². The maximum Gasteiger partial charge on any atom is 0.261 e. The summed E-state index contributed by atoms with van der Waals surface area (Å²) in [5.74, 6) is 1.17. The lowest BCUT2D eigenvalue weighted by molar-refractivity contribution is 0.0663. The SMILES string of the molecule is CCCCN1C(=O)c2c(NS(=O)(=O)c3ccc(C)cc3)cccc2C12c1ccc(N(CC)CC)cc1Oc1cc(N(CC)CC)ccc12. The van der Waals surface area contributed by atoms with E-state index in [2.05, 4.69) is 85.5 Å². The van der Waals surface area contributed by atoms with Gasteiger partial charge in [0.15, 0.2) is 0 Å². The first kappa shape index (κ1) is 33.4. The molecule has 0 aliphatic carbocycles. The Kier molecular flexibility index (Phi) is 9.18. The smallest absolute Gasteiger partial charge is 0.261 e. The predicted molar refractivity (Wildman–Crippen MR) is 194 cm³/mol. The van der Waals surface area contributed by atoms with Crippen LogP contribution in [0.1, 0.15) is 80.1 Å². The molecule has 0 saturated carbocycles. The molecule has 0 aromatic heterocycles. The maximum absolute atomic E-state index is 14.9. The minimum Gasteiger partial charge on any atom is -0.456 e. The zero-order valence-corrected chi connectivity index (χ0v) is 29.7. The number of hydrogen-bond acceptors (Lipinski definition) is 6. The minimum atomic E-state index is -3.97. The number of carbonyl (C=O) groups excluding carboxylic acids is 1. The molecule has 1 spiro atoms. The van der Waals surface area contributed by atoms with Crippen LogP contribution in [0.5, 0.6) is 11.5 Å². The van der Waals surface area contributed by atoms with Crippen molar-refractivity contribution < 1.29 is 17.9 Å². The molecule has 4 aromatic rings. The standard InChI is InChI=1S/C39H46N4O4S/c1-7-12-24-43-38(44)37-33(14-13-15-34(37)40-48(45,46)30-20-16-27(6)17-21-30)39(43)31-22-18-28(41(8-2)9-3)25-35(31)47-36-26-29(19-23-32(36)39)42(10-4)11-5/h13-23,25-26,40H,7-12,24H2,1-6H3. The summed E-state index contributed by atoms with van der Waals surface area (Å²) in [6, 6.07) is 24.8. The lowest BCUT2D eigenvalue weighted by Gasteiger charge is -2.45. The number of sulfonamides is 1. The summed E-state index contributed by atoms with van der Waals surface area (Å²) in [7, 11) is -3.97. The van der Waals surface area contributed by atoms with Crippen molar-refractivity contribution >= 4 is 33.0 Å². The van der Waals surface area contributed by atoms with Crippen molar-refractivity contribution in [3.8, 4) is 11.5 Å². The van der Waals surface area contributed by atoms with Crippen LogP contribution in [-0.4, -0.2) is 51.9 Å². The average Bonchev–Trinajstić information content (AvgIpc) is 3.33. The quantitative estimate of drug-likeness (QED) is 0.164. The fourth-order valence-corrected chi connectivity index (χ4v) is 8.38. The van der Waals surface area contributed by atoms with E-state index in [0.29, 0.717) is 23.6 Å². The molecule has 2 heterocycles. The summed E-state index contributed by atoms with van der Waals surface area (Å²) in [6.45, 7) is 16.4. The second-order valence-electron chi connectivity index (χ2n) is 12.5. The van der Waals surface area contributed by atoms with Crippen LogP contribution in [-0.2, 0) is 15.6 Å². The van der Waals surface area contributed by atoms with Gasteiger partial charge in [-0.05, 0) is 71.4 Å². The van der Waals surface area contributed by atoms with Crippen LogP contribution in [0.3, 0.4) is 0 Å². The molecule has 2 aliphatic heterocycles. The van der Waals surface area contributed by atoms with E-state index in [0.717, 1.165) is 72.6 Å².